The zero-order valence-electron chi connectivity index (χ0n) is 20.6. The van der Waals surface area contributed by atoms with E-state index in [1.807, 2.05) is 58.0 Å². The van der Waals surface area contributed by atoms with Gasteiger partial charge in [0.1, 0.15) is 12.6 Å². The number of anilines is 3. The van der Waals surface area contributed by atoms with E-state index in [0.29, 0.717) is 24.3 Å². The number of aryl methyl sites for hydroxylation is 2. The highest BCUT2D eigenvalue weighted by atomic mass is 16.2. The maximum Gasteiger partial charge on any atom is 0.253 e. The Morgan fingerprint density at radius 2 is 1.79 bits per heavy atom. The summed E-state index contributed by atoms with van der Waals surface area (Å²) < 4.78 is 0. The van der Waals surface area contributed by atoms with Crippen molar-refractivity contribution in [2.45, 2.75) is 53.0 Å². The van der Waals surface area contributed by atoms with Gasteiger partial charge in [-0.2, -0.15) is 0 Å². The standard InChI is InChI=1S/C27H34N4O3/c1-5-29(6-2)26(33)20-12-13-22-24(16-20)31(27(34)23-9-7-8-14-30(22)23)17-25(32)28-21-15-18(3)10-11-19(21)4/h10-13,15-16,23H,5-9,14,17H2,1-4H3,(H,28,32)/t23-/m1/s1. The summed E-state index contributed by atoms with van der Waals surface area (Å²) in [6, 6.07) is 11.2. The van der Waals surface area contributed by atoms with Crippen LogP contribution in [-0.2, 0) is 9.59 Å². The molecule has 1 atom stereocenters. The molecule has 2 aliphatic heterocycles. The molecule has 0 aliphatic carbocycles. The average molecular weight is 463 g/mol. The molecule has 0 bridgehead atoms. The third-order valence-electron chi connectivity index (χ3n) is 6.90. The van der Waals surface area contributed by atoms with E-state index >= 15 is 0 Å². The van der Waals surface area contributed by atoms with Crippen LogP contribution in [0.15, 0.2) is 36.4 Å². The van der Waals surface area contributed by atoms with Crippen molar-refractivity contribution in [3.63, 3.8) is 0 Å². The summed E-state index contributed by atoms with van der Waals surface area (Å²) >= 11 is 0. The number of hydrogen-bond acceptors (Lipinski definition) is 4. The zero-order valence-corrected chi connectivity index (χ0v) is 20.6. The van der Waals surface area contributed by atoms with Crippen LogP contribution in [0.2, 0.25) is 0 Å². The van der Waals surface area contributed by atoms with Gasteiger partial charge in [-0.15, -0.1) is 0 Å². The van der Waals surface area contributed by atoms with E-state index in [1.165, 1.54) is 0 Å². The van der Waals surface area contributed by atoms with Gasteiger partial charge in [0.25, 0.3) is 5.91 Å². The molecule has 4 rings (SSSR count). The van der Waals surface area contributed by atoms with Gasteiger partial charge in [0.15, 0.2) is 0 Å². The molecule has 0 unspecified atom stereocenters. The SMILES string of the molecule is CCN(CC)C(=O)c1ccc2c(c1)N(CC(=O)Nc1cc(C)ccc1C)C(=O)[C@H]1CCCCN21. The van der Waals surface area contributed by atoms with Crippen LogP contribution < -0.4 is 15.1 Å². The molecule has 34 heavy (non-hydrogen) atoms. The zero-order chi connectivity index (χ0) is 24.4. The Morgan fingerprint density at radius 1 is 1.03 bits per heavy atom. The summed E-state index contributed by atoms with van der Waals surface area (Å²) in [5, 5.41) is 2.97. The molecule has 0 radical (unpaired) electrons. The topological polar surface area (TPSA) is 73.0 Å². The number of hydrogen-bond donors (Lipinski definition) is 1. The Morgan fingerprint density at radius 3 is 2.53 bits per heavy atom. The summed E-state index contributed by atoms with van der Waals surface area (Å²) in [4.78, 5) is 45.2. The van der Waals surface area contributed by atoms with Gasteiger partial charge in [-0.05, 0) is 82.3 Å². The molecular weight excluding hydrogens is 428 g/mol. The van der Waals surface area contributed by atoms with Crippen molar-refractivity contribution in [1.82, 2.24) is 4.90 Å². The van der Waals surface area contributed by atoms with Crippen LogP contribution in [0.25, 0.3) is 0 Å². The number of carbonyl (C=O) groups is 3. The van der Waals surface area contributed by atoms with Crippen LogP contribution >= 0.6 is 0 Å². The molecule has 180 valence electrons. The minimum Gasteiger partial charge on any atom is -0.358 e. The molecule has 0 saturated carbocycles. The minimum absolute atomic E-state index is 0.0687. The van der Waals surface area contributed by atoms with Gasteiger partial charge in [-0.1, -0.05) is 12.1 Å². The van der Waals surface area contributed by atoms with E-state index in [1.54, 1.807) is 15.9 Å². The summed E-state index contributed by atoms with van der Waals surface area (Å²) in [7, 11) is 0. The van der Waals surface area contributed by atoms with Crippen LogP contribution in [0.4, 0.5) is 17.1 Å². The highest BCUT2D eigenvalue weighted by molar-refractivity contribution is 6.11. The third-order valence-corrected chi connectivity index (χ3v) is 6.90. The van der Waals surface area contributed by atoms with E-state index in [2.05, 4.69) is 10.2 Å². The number of piperidine rings is 1. The molecule has 1 fully saturated rings. The van der Waals surface area contributed by atoms with Crippen molar-refractivity contribution in [2.24, 2.45) is 0 Å². The number of fused-ring (bicyclic) bond motifs is 3. The number of amides is 3. The van der Waals surface area contributed by atoms with Crippen LogP contribution in [0.5, 0.6) is 0 Å². The molecule has 2 aromatic carbocycles. The van der Waals surface area contributed by atoms with Crippen LogP contribution in [0.1, 0.15) is 54.6 Å². The molecule has 7 heteroatoms. The molecule has 2 aliphatic rings. The third kappa shape index (κ3) is 4.52. The lowest BCUT2D eigenvalue weighted by molar-refractivity contribution is -0.123. The lowest BCUT2D eigenvalue weighted by Gasteiger charge is -2.45. The first-order valence-electron chi connectivity index (χ1n) is 12.2. The highest BCUT2D eigenvalue weighted by Crippen LogP contribution is 2.40. The van der Waals surface area contributed by atoms with E-state index in [4.69, 9.17) is 0 Å². The van der Waals surface area contributed by atoms with Crippen LogP contribution in [0, 0.1) is 13.8 Å². The Hall–Kier alpha value is -3.35. The predicted octanol–water partition coefficient (Wildman–Crippen LogP) is 4.13. The van der Waals surface area contributed by atoms with Crippen LogP contribution in [0.3, 0.4) is 0 Å². The maximum atomic E-state index is 13.6. The second-order valence-electron chi connectivity index (χ2n) is 9.18. The first kappa shape index (κ1) is 23.8. The van der Waals surface area contributed by atoms with Gasteiger partial charge in [-0.3, -0.25) is 19.3 Å². The van der Waals surface area contributed by atoms with Gasteiger partial charge in [0.2, 0.25) is 11.8 Å². The molecule has 2 aromatic rings. The molecule has 3 amide bonds. The van der Waals surface area contributed by atoms with Crippen molar-refractivity contribution >= 4 is 34.8 Å². The van der Waals surface area contributed by atoms with E-state index in [0.717, 1.165) is 48.3 Å². The Bertz CT molecular complexity index is 1110. The second-order valence-corrected chi connectivity index (χ2v) is 9.18. The Kier molecular flexibility index (Phi) is 6.91. The van der Waals surface area contributed by atoms with Crippen molar-refractivity contribution in [3.05, 3.63) is 53.1 Å². The molecule has 7 nitrogen and oxygen atoms in total. The first-order chi connectivity index (χ1) is 16.3. The van der Waals surface area contributed by atoms with Gasteiger partial charge in [-0.25, -0.2) is 0 Å². The fraction of sp³-hybridized carbons (Fsp3) is 0.444. The smallest absolute Gasteiger partial charge is 0.253 e. The van der Waals surface area contributed by atoms with E-state index < -0.39 is 0 Å². The number of benzene rings is 2. The highest BCUT2D eigenvalue weighted by Gasteiger charge is 2.40. The van der Waals surface area contributed by atoms with Crippen molar-refractivity contribution in [1.29, 1.82) is 0 Å². The molecule has 0 aromatic heterocycles. The lowest BCUT2D eigenvalue weighted by Crippen LogP contribution is -2.56. The second kappa shape index (κ2) is 9.87. The van der Waals surface area contributed by atoms with E-state index in [9.17, 15) is 14.4 Å². The minimum atomic E-state index is -0.265. The van der Waals surface area contributed by atoms with Crippen molar-refractivity contribution in [2.75, 3.05) is 41.3 Å². The van der Waals surface area contributed by atoms with Crippen molar-refractivity contribution < 1.29 is 14.4 Å². The fourth-order valence-corrected chi connectivity index (χ4v) is 4.95. The van der Waals surface area contributed by atoms with Crippen LogP contribution in [-0.4, -0.2) is 54.8 Å². The number of rotatable bonds is 6. The van der Waals surface area contributed by atoms with Crippen molar-refractivity contribution in [3.8, 4) is 0 Å². The van der Waals surface area contributed by atoms with Gasteiger partial charge in [0.05, 0.1) is 11.4 Å². The average Bonchev–Trinajstić information content (AvgIpc) is 2.84. The molecule has 0 spiro atoms. The summed E-state index contributed by atoms with van der Waals surface area (Å²) in [5.41, 5.74) is 4.86. The molecule has 1 N–H and O–H groups in total. The number of nitrogens with one attached hydrogen (secondary N) is 1. The molecular formula is C27H34N4O3. The van der Waals surface area contributed by atoms with Gasteiger partial charge < -0.3 is 15.1 Å². The summed E-state index contributed by atoms with van der Waals surface area (Å²) in [5.74, 6) is -0.394. The number of nitrogens with zero attached hydrogens (tertiary/aromatic N) is 3. The Balaban J connectivity index is 1.68. The fourth-order valence-electron chi connectivity index (χ4n) is 4.95. The quantitative estimate of drug-likeness (QED) is 0.701. The Labute approximate surface area is 201 Å². The van der Waals surface area contributed by atoms with E-state index in [-0.39, 0.29) is 30.3 Å². The largest absolute Gasteiger partial charge is 0.358 e. The first-order valence-corrected chi connectivity index (χ1v) is 12.2. The maximum absolute atomic E-state index is 13.6. The summed E-state index contributed by atoms with van der Waals surface area (Å²) in [6.45, 7) is 9.76. The number of carbonyl (C=O) groups excluding carboxylic acids is 3. The molecule has 2 heterocycles. The molecule has 1 saturated heterocycles. The normalized spacial score (nSPS) is 17.2. The monoisotopic (exact) mass is 462 g/mol. The lowest BCUT2D eigenvalue weighted by atomic mass is 9.95. The predicted molar refractivity (Wildman–Crippen MR) is 136 cm³/mol. The summed E-state index contributed by atoms with van der Waals surface area (Å²) in [6.07, 6.45) is 2.78. The van der Waals surface area contributed by atoms with Gasteiger partial charge in [0, 0.05) is 30.9 Å². The van der Waals surface area contributed by atoms with Gasteiger partial charge >= 0.3 is 0 Å².